The molecular formula is C10H9N3O2. The Hall–Kier alpha value is -2.17. The number of hydrogen-bond acceptors (Lipinski definition) is 3. The van der Waals surface area contributed by atoms with Crippen molar-refractivity contribution in [1.82, 2.24) is 14.8 Å². The monoisotopic (exact) mass is 203 g/mol. The Morgan fingerprint density at radius 3 is 2.87 bits per heavy atom. The summed E-state index contributed by atoms with van der Waals surface area (Å²) in [6, 6.07) is 6.95. The number of carbonyl (C=O) groups is 1. The van der Waals surface area contributed by atoms with Crippen molar-refractivity contribution in [2.45, 2.75) is 6.54 Å². The molecule has 0 aliphatic heterocycles. The Labute approximate surface area is 86.0 Å². The largest absolute Gasteiger partial charge is 0.477 e. The molecule has 0 atom stereocenters. The van der Waals surface area contributed by atoms with Gasteiger partial charge in [0.2, 0.25) is 0 Å². The maximum absolute atomic E-state index is 10.8. The number of carboxylic acids is 1. The zero-order valence-electron chi connectivity index (χ0n) is 7.87. The third-order valence-corrected chi connectivity index (χ3v) is 1.97. The average molecular weight is 203 g/mol. The van der Waals surface area contributed by atoms with E-state index in [1.165, 1.54) is 16.9 Å². The van der Waals surface area contributed by atoms with E-state index in [0.29, 0.717) is 6.54 Å². The van der Waals surface area contributed by atoms with E-state index in [1.807, 2.05) is 18.2 Å². The molecule has 2 aromatic rings. The van der Waals surface area contributed by atoms with Gasteiger partial charge < -0.3 is 5.11 Å². The molecule has 0 aliphatic rings. The molecule has 15 heavy (non-hydrogen) atoms. The summed E-state index contributed by atoms with van der Waals surface area (Å²) >= 11 is 0. The molecular weight excluding hydrogens is 194 g/mol. The van der Waals surface area contributed by atoms with Crippen molar-refractivity contribution < 1.29 is 9.90 Å². The predicted molar refractivity (Wildman–Crippen MR) is 52.5 cm³/mol. The van der Waals surface area contributed by atoms with Crippen LogP contribution < -0.4 is 0 Å². The van der Waals surface area contributed by atoms with Crippen LogP contribution in [0.15, 0.2) is 36.7 Å². The summed E-state index contributed by atoms with van der Waals surface area (Å²) in [6.45, 7) is 0.371. The van der Waals surface area contributed by atoms with Gasteiger partial charge in [-0.15, -0.1) is 0 Å². The molecule has 5 nitrogen and oxygen atoms in total. The lowest BCUT2D eigenvalue weighted by Gasteiger charge is -2.03. The van der Waals surface area contributed by atoms with Crippen molar-refractivity contribution in [3.05, 3.63) is 48.0 Å². The lowest BCUT2D eigenvalue weighted by molar-refractivity contribution is 0.0684. The van der Waals surface area contributed by atoms with Crippen molar-refractivity contribution in [2.24, 2.45) is 0 Å². The lowest BCUT2D eigenvalue weighted by Crippen LogP contribution is -2.11. The molecule has 2 rings (SSSR count). The van der Waals surface area contributed by atoms with E-state index in [-0.39, 0.29) is 5.69 Å². The van der Waals surface area contributed by atoms with Gasteiger partial charge in [-0.25, -0.2) is 4.79 Å². The van der Waals surface area contributed by atoms with E-state index in [4.69, 9.17) is 5.11 Å². The second-order valence-electron chi connectivity index (χ2n) is 3.00. The zero-order valence-corrected chi connectivity index (χ0v) is 7.87. The van der Waals surface area contributed by atoms with Gasteiger partial charge in [0.15, 0.2) is 0 Å². The highest BCUT2D eigenvalue weighted by Gasteiger charge is 2.10. The van der Waals surface area contributed by atoms with Gasteiger partial charge in [0.25, 0.3) is 0 Å². The molecule has 0 unspecified atom stereocenters. The first-order valence-electron chi connectivity index (χ1n) is 4.42. The minimum Gasteiger partial charge on any atom is -0.477 e. The number of rotatable bonds is 3. The Morgan fingerprint density at radius 1 is 1.33 bits per heavy atom. The fraction of sp³-hybridized carbons (Fsp3) is 0.100. The van der Waals surface area contributed by atoms with E-state index >= 15 is 0 Å². The first-order valence-corrected chi connectivity index (χ1v) is 4.42. The molecule has 1 N–H and O–H groups in total. The predicted octanol–water partition coefficient (Wildman–Crippen LogP) is 1.02. The summed E-state index contributed by atoms with van der Waals surface area (Å²) in [5.41, 5.74) is 0.948. The van der Waals surface area contributed by atoms with Gasteiger partial charge in [-0.2, -0.15) is 5.10 Å². The third kappa shape index (κ3) is 2.01. The van der Waals surface area contributed by atoms with Gasteiger partial charge in [0.1, 0.15) is 5.69 Å². The first-order chi connectivity index (χ1) is 7.27. The van der Waals surface area contributed by atoms with Crippen molar-refractivity contribution in [2.75, 3.05) is 0 Å². The van der Waals surface area contributed by atoms with Crippen LogP contribution in [-0.4, -0.2) is 25.8 Å². The van der Waals surface area contributed by atoms with Crippen LogP contribution in [0.1, 0.15) is 16.2 Å². The molecule has 5 heteroatoms. The van der Waals surface area contributed by atoms with Crippen LogP contribution in [0.3, 0.4) is 0 Å². The number of aromatic nitrogens is 3. The van der Waals surface area contributed by atoms with Crippen LogP contribution in [0.2, 0.25) is 0 Å². The minimum atomic E-state index is -0.983. The van der Waals surface area contributed by atoms with Gasteiger partial charge in [0, 0.05) is 12.4 Å². The highest BCUT2D eigenvalue weighted by molar-refractivity contribution is 5.85. The molecule has 0 aliphatic carbocycles. The molecule has 0 saturated heterocycles. The van der Waals surface area contributed by atoms with Crippen LogP contribution in [0.25, 0.3) is 0 Å². The summed E-state index contributed by atoms with van der Waals surface area (Å²) in [7, 11) is 0. The fourth-order valence-corrected chi connectivity index (χ4v) is 1.29. The molecule has 0 fully saturated rings. The number of nitrogens with zero attached hydrogens (tertiary/aromatic N) is 3. The summed E-state index contributed by atoms with van der Waals surface area (Å²) in [5.74, 6) is -0.983. The molecule has 76 valence electrons. The molecule has 2 aromatic heterocycles. The second-order valence-corrected chi connectivity index (χ2v) is 3.00. The van der Waals surface area contributed by atoms with Gasteiger partial charge in [-0.3, -0.25) is 9.67 Å². The van der Waals surface area contributed by atoms with Gasteiger partial charge >= 0.3 is 5.97 Å². The van der Waals surface area contributed by atoms with E-state index in [2.05, 4.69) is 10.1 Å². The standard InChI is InChI=1S/C10H9N3O2/c14-10(15)9-4-6-12-13(9)7-8-3-1-2-5-11-8/h1-6H,7H2,(H,14,15). The van der Waals surface area contributed by atoms with Crippen LogP contribution in [0.5, 0.6) is 0 Å². The maximum atomic E-state index is 10.8. The number of pyridine rings is 1. The maximum Gasteiger partial charge on any atom is 0.354 e. The van der Waals surface area contributed by atoms with Gasteiger partial charge in [0.05, 0.1) is 12.2 Å². The smallest absolute Gasteiger partial charge is 0.354 e. The van der Waals surface area contributed by atoms with Crippen molar-refractivity contribution in [1.29, 1.82) is 0 Å². The highest BCUT2D eigenvalue weighted by Crippen LogP contribution is 2.02. The summed E-state index contributed by atoms with van der Waals surface area (Å²) in [6.07, 6.45) is 3.13. The SMILES string of the molecule is O=C(O)c1ccnn1Cc1ccccn1. The van der Waals surface area contributed by atoms with E-state index in [1.54, 1.807) is 6.20 Å². The van der Waals surface area contributed by atoms with Crippen LogP contribution in [-0.2, 0) is 6.54 Å². The highest BCUT2D eigenvalue weighted by atomic mass is 16.4. The molecule has 2 heterocycles. The minimum absolute atomic E-state index is 0.167. The van der Waals surface area contributed by atoms with Crippen molar-refractivity contribution in [3.8, 4) is 0 Å². The quantitative estimate of drug-likeness (QED) is 0.808. The molecule has 0 saturated carbocycles. The summed E-state index contributed by atoms with van der Waals surface area (Å²) in [5, 5.41) is 12.8. The molecule has 0 spiro atoms. The summed E-state index contributed by atoms with van der Waals surface area (Å²) < 4.78 is 1.41. The van der Waals surface area contributed by atoms with E-state index in [0.717, 1.165) is 5.69 Å². The van der Waals surface area contributed by atoms with E-state index < -0.39 is 5.97 Å². The summed E-state index contributed by atoms with van der Waals surface area (Å²) in [4.78, 5) is 14.9. The van der Waals surface area contributed by atoms with Crippen LogP contribution >= 0.6 is 0 Å². The van der Waals surface area contributed by atoms with Crippen LogP contribution in [0, 0.1) is 0 Å². The second kappa shape index (κ2) is 3.91. The van der Waals surface area contributed by atoms with Crippen molar-refractivity contribution in [3.63, 3.8) is 0 Å². The third-order valence-electron chi connectivity index (χ3n) is 1.97. The fourth-order valence-electron chi connectivity index (χ4n) is 1.29. The number of hydrogen-bond donors (Lipinski definition) is 1. The topological polar surface area (TPSA) is 68.0 Å². The Balaban J connectivity index is 2.25. The van der Waals surface area contributed by atoms with Crippen LogP contribution in [0.4, 0.5) is 0 Å². The normalized spacial score (nSPS) is 10.1. The van der Waals surface area contributed by atoms with Gasteiger partial charge in [-0.05, 0) is 18.2 Å². The Morgan fingerprint density at radius 2 is 2.20 bits per heavy atom. The van der Waals surface area contributed by atoms with Gasteiger partial charge in [-0.1, -0.05) is 6.07 Å². The Kier molecular flexibility index (Phi) is 2.45. The Bertz CT molecular complexity index is 465. The molecule has 0 amide bonds. The average Bonchev–Trinajstić information content (AvgIpc) is 2.67. The first kappa shape index (κ1) is 9.39. The lowest BCUT2D eigenvalue weighted by atomic mass is 10.3. The van der Waals surface area contributed by atoms with E-state index in [9.17, 15) is 4.79 Å². The molecule has 0 radical (unpaired) electrons. The van der Waals surface area contributed by atoms with Crippen molar-refractivity contribution >= 4 is 5.97 Å². The number of carboxylic acid groups (broad SMARTS) is 1. The molecule has 0 aromatic carbocycles. The number of aromatic carboxylic acids is 1. The molecule has 0 bridgehead atoms. The zero-order chi connectivity index (χ0) is 10.7.